The fraction of sp³-hybridized carbons (Fsp3) is 0.143. The van der Waals surface area contributed by atoms with Crippen molar-refractivity contribution < 1.29 is 4.79 Å². The molecule has 0 saturated heterocycles. The summed E-state index contributed by atoms with van der Waals surface area (Å²) in [5.74, 6) is 0.160. The minimum atomic E-state index is 0.160. The van der Waals surface area contributed by atoms with Crippen LogP contribution in [0.4, 0.5) is 0 Å². The van der Waals surface area contributed by atoms with Crippen molar-refractivity contribution >= 4 is 22.7 Å². The first-order valence-corrected chi connectivity index (χ1v) is 6.36. The molecule has 0 unspecified atom stereocenters. The number of aromatic nitrogens is 1. The van der Waals surface area contributed by atoms with Gasteiger partial charge in [0.1, 0.15) is 5.01 Å². The Labute approximate surface area is 104 Å². The Morgan fingerprint density at radius 3 is 3.00 bits per heavy atom. The fourth-order valence-electron chi connectivity index (χ4n) is 2.14. The van der Waals surface area contributed by atoms with E-state index in [9.17, 15) is 4.79 Å². The van der Waals surface area contributed by atoms with Gasteiger partial charge in [-0.15, -0.1) is 11.3 Å². The first-order chi connectivity index (χ1) is 8.24. The van der Waals surface area contributed by atoms with Crippen LogP contribution in [0.25, 0.3) is 5.57 Å². The van der Waals surface area contributed by atoms with E-state index in [0.717, 1.165) is 21.7 Å². The van der Waals surface area contributed by atoms with Gasteiger partial charge in [0.2, 0.25) is 0 Å². The molecule has 2 aromatic rings. The van der Waals surface area contributed by atoms with Crippen LogP contribution in [0.15, 0.2) is 35.9 Å². The Bertz CT molecular complexity index is 611. The summed E-state index contributed by atoms with van der Waals surface area (Å²) in [6.45, 7) is 2.05. The van der Waals surface area contributed by atoms with Crippen LogP contribution < -0.4 is 0 Å². The van der Waals surface area contributed by atoms with Crippen LogP contribution in [-0.2, 0) is 11.2 Å². The summed E-state index contributed by atoms with van der Waals surface area (Å²) in [6.07, 6.45) is 4.00. The smallest absolute Gasteiger partial charge is 0.160 e. The lowest BCUT2D eigenvalue weighted by Gasteiger charge is -2.16. The number of nitrogens with zero attached hydrogens (tertiary/aromatic N) is 1. The van der Waals surface area contributed by atoms with Gasteiger partial charge in [-0.3, -0.25) is 4.79 Å². The van der Waals surface area contributed by atoms with Crippen molar-refractivity contribution in [3.05, 3.63) is 57.6 Å². The van der Waals surface area contributed by atoms with E-state index >= 15 is 0 Å². The molecule has 0 saturated carbocycles. The van der Waals surface area contributed by atoms with Crippen LogP contribution in [-0.4, -0.2) is 10.8 Å². The molecule has 17 heavy (non-hydrogen) atoms. The molecule has 0 atom stereocenters. The monoisotopic (exact) mass is 241 g/mol. The molecule has 0 N–H and O–H groups in total. The molecule has 0 radical (unpaired) electrons. The van der Waals surface area contributed by atoms with Gasteiger partial charge in [-0.25, -0.2) is 4.98 Å². The highest BCUT2D eigenvalue weighted by Crippen LogP contribution is 2.31. The van der Waals surface area contributed by atoms with Gasteiger partial charge in [-0.05, 0) is 24.1 Å². The third-order valence-electron chi connectivity index (χ3n) is 2.88. The number of ketones is 1. The van der Waals surface area contributed by atoms with Gasteiger partial charge in [0.15, 0.2) is 5.78 Å². The predicted octanol–water partition coefficient (Wildman–Crippen LogP) is 3.01. The summed E-state index contributed by atoms with van der Waals surface area (Å²) in [5, 5.41) is 2.85. The van der Waals surface area contributed by atoms with Crippen molar-refractivity contribution in [1.82, 2.24) is 4.98 Å². The number of aryl methyl sites for hydroxylation is 1. The zero-order valence-corrected chi connectivity index (χ0v) is 10.3. The summed E-state index contributed by atoms with van der Waals surface area (Å²) < 4.78 is 0. The number of hydrogen-bond acceptors (Lipinski definition) is 3. The molecule has 3 rings (SSSR count). The summed E-state index contributed by atoms with van der Waals surface area (Å²) in [5.41, 5.74) is 4.41. The van der Waals surface area contributed by atoms with Crippen LogP contribution in [0.5, 0.6) is 0 Å². The van der Waals surface area contributed by atoms with Gasteiger partial charge in [-0.1, -0.05) is 23.8 Å². The highest BCUT2D eigenvalue weighted by atomic mass is 32.1. The second-order valence-corrected chi connectivity index (χ2v) is 5.09. The molecule has 84 valence electrons. The fourth-order valence-corrected chi connectivity index (χ4v) is 2.81. The minimum absolute atomic E-state index is 0.160. The number of rotatable bonds is 1. The second kappa shape index (κ2) is 3.93. The van der Waals surface area contributed by atoms with E-state index in [1.54, 1.807) is 23.6 Å². The first kappa shape index (κ1) is 10.4. The third-order valence-corrected chi connectivity index (χ3v) is 3.69. The van der Waals surface area contributed by atoms with Crippen molar-refractivity contribution in [2.75, 3.05) is 0 Å². The van der Waals surface area contributed by atoms with E-state index in [4.69, 9.17) is 0 Å². The summed E-state index contributed by atoms with van der Waals surface area (Å²) in [6, 6.07) is 6.26. The Kier molecular flexibility index (Phi) is 2.41. The van der Waals surface area contributed by atoms with Crippen molar-refractivity contribution in [3.8, 4) is 0 Å². The zero-order valence-electron chi connectivity index (χ0n) is 9.43. The molecule has 1 aliphatic rings. The molecule has 1 heterocycles. The average Bonchev–Trinajstić information content (AvgIpc) is 2.80. The highest BCUT2D eigenvalue weighted by molar-refractivity contribution is 7.10. The molecular formula is C14H11NOS. The largest absolute Gasteiger partial charge is 0.294 e. The lowest BCUT2D eigenvalue weighted by Crippen LogP contribution is -2.10. The van der Waals surface area contributed by atoms with Gasteiger partial charge in [0.25, 0.3) is 0 Å². The second-order valence-electron chi connectivity index (χ2n) is 4.20. The molecule has 1 aromatic heterocycles. The molecule has 0 fully saturated rings. The quantitative estimate of drug-likeness (QED) is 0.768. The van der Waals surface area contributed by atoms with Crippen molar-refractivity contribution in [1.29, 1.82) is 0 Å². The zero-order chi connectivity index (χ0) is 11.8. The molecule has 1 aromatic carbocycles. The number of fused-ring (bicyclic) bond motifs is 1. The van der Waals surface area contributed by atoms with E-state index in [1.807, 2.05) is 12.3 Å². The Morgan fingerprint density at radius 1 is 1.35 bits per heavy atom. The molecule has 2 nitrogen and oxygen atoms in total. The van der Waals surface area contributed by atoms with Gasteiger partial charge >= 0.3 is 0 Å². The lowest BCUT2D eigenvalue weighted by atomic mass is 9.89. The van der Waals surface area contributed by atoms with E-state index in [1.165, 1.54) is 5.56 Å². The highest BCUT2D eigenvalue weighted by Gasteiger charge is 2.19. The first-order valence-electron chi connectivity index (χ1n) is 5.48. The molecular weight excluding hydrogens is 230 g/mol. The van der Waals surface area contributed by atoms with E-state index in [-0.39, 0.29) is 5.78 Å². The van der Waals surface area contributed by atoms with E-state index in [2.05, 4.69) is 23.2 Å². The van der Waals surface area contributed by atoms with Crippen LogP contribution in [0.1, 0.15) is 21.7 Å². The van der Waals surface area contributed by atoms with Crippen molar-refractivity contribution in [2.24, 2.45) is 0 Å². The van der Waals surface area contributed by atoms with Crippen LogP contribution in [0.3, 0.4) is 0 Å². The molecule has 0 amide bonds. The number of allylic oxidation sites excluding steroid dienone is 1. The van der Waals surface area contributed by atoms with Crippen molar-refractivity contribution in [3.63, 3.8) is 0 Å². The number of hydrogen-bond donors (Lipinski definition) is 0. The molecule has 0 spiro atoms. The number of thiazole rings is 1. The summed E-state index contributed by atoms with van der Waals surface area (Å²) in [7, 11) is 0. The number of benzene rings is 1. The molecule has 1 aliphatic carbocycles. The Morgan fingerprint density at radius 2 is 2.24 bits per heavy atom. The van der Waals surface area contributed by atoms with E-state index < -0.39 is 0 Å². The summed E-state index contributed by atoms with van der Waals surface area (Å²) in [4.78, 5) is 16.0. The normalized spacial score (nSPS) is 14.4. The van der Waals surface area contributed by atoms with Crippen LogP contribution in [0.2, 0.25) is 0 Å². The van der Waals surface area contributed by atoms with Gasteiger partial charge in [-0.2, -0.15) is 0 Å². The number of carbonyl (C=O) groups is 1. The van der Waals surface area contributed by atoms with Gasteiger partial charge in [0, 0.05) is 23.6 Å². The van der Waals surface area contributed by atoms with Crippen molar-refractivity contribution in [2.45, 2.75) is 13.3 Å². The third kappa shape index (κ3) is 1.83. The van der Waals surface area contributed by atoms with Crippen LogP contribution >= 0.6 is 11.3 Å². The summed E-state index contributed by atoms with van der Waals surface area (Å²) >= 11 is 1.57. The van der Waals surface area contributed by atoms with E-state index in [0.29, 0.717) is 6.42 Å². The maximum absolute atomic E-state index is 11.7. The SMILES string of the molecule is Cc1ccc2c(c1)CC(=O)C=C2c1nccs1. The topological polar surface area (TPSA) is 30.0 Å². The van der Waals surface area contributed by atoms with Gasteiger partial charge in [0.05, 0.1) is 0 Å². The van der Waals surface area contributed by atoms with Gasteiger partial charge < -0.3 is 0 Å². The number of carbonyl (C=O) groups excluding carboxylic acids is 1. The molecule has 0 aliphatic heterocycles. The Balaban J connectivity index is 2.20. The Hall–Kier alpha value is -1.74. The standard InChI is InChI=1S/C14H11NOS/c1-9-2-3-12-10(6-9)7-11(16)8-13(12)14-15-4-5-17-14/h2-6,8H,7H2,1H3. The van der Waals surface area contributed by atoms with Crippen LogP contribution in [0, 0.1) is 6.92 Å². The average molecular weight is 241 g/mol. The predicted molar refractivity (Wildman–Crippen MR) is 69.1 cm³/mol. The lowest BCUT2D eigenvalue weighted by molar-refractivity contribution is -0.114. The minimum Gasteiger partial charge on any atom is -0.294 e. The molecule has 3 heteroatoms. The maximum Gasteiger partial charge on any atom is 0.160 e. The maximum atomic E-state index is 11.7. The molecule has 0 bridgehead atoms.